The summed E-state index contributed by atoms with van der Waals surface area (Å²) in [6.07, 6.45) is 2.25. The van der Waals surface area contributed by atoms with Crippen molar-refractivity contribution < 1.29 is 0 Å². The molecule has 1 heterocycles. The largest absolute Gasteiger partial charge is 0.368 e. The van der Waals surface area contributed by atoms with Crippen LogP contribution in [0.1, 0.15) is 25.3 Å². The topological polar surface area (TPSA) is 39.1 Å². The van der Waals surface area contributed by atoms with Gasteiger partial charge in [0.1, 0.15) is 6.07 Å². The number of anilines is 1. The average Bonchev–Trinajstić information content (AvgIpc) is 2.35. The molecule has 0 aromatic heterocycles. The van der Waals surface area contributed by atoms with Crippen molar-refractivity contribution in [3.63, 3.8) is 0 Å². The molecule has 0 spiro atoms. The molecule has 17 heavy (non-hydrogen) atoms. The fourth-order valence-electron chi connectivity index (χ4n) is 2.36. The summed E-state index contributed by atoms with van der Waals surface area (Å²) < 4.78 is 0. The van der Waals surface area contributed by atoms with E-state index >= 15 is 0 Å². The minimum absolute atomic E-state index is 0.484. The number of hydrogen-bond donors (Lipinski definition) is 1. The number of nitrogens with one attached hydrogen (secondary N) is 1. The van der Waals surface area contributed by atoms with Gasteiger partial charge in [-0.2, -0.15) is 5.26 Å². The third-order valence-corrected chi connectivity index (χ3v) is 3.36. The average molecular weight is 229 g/mol. The molecule has 0 aliphatic carbocycles. The van der Waals surface area contributed by atoms with Crippen LogP contribution in [0.25, 0.3) is 0 Å². The molecule has 2 rings (SSSR count). The van der Waals surface area contributed by atoms with E-state index in [1.54, 1.807) is 0 Å². The highest BCUT2D eigenvalue weighted by Gasteiger charge is 2.18. The first-order chi connectivity index (χ1) is 8.33. The quantitative estimate of drug-likeness (QED) is 0.802. The molecule has 1 N–H and O–H groups in total. The fourth-order valence-corrected chi connectivity index (χ4v) is 2.36. The number of hydrogen-bond acceptors (Lipinski definition) is 3. The van der Waals surface area contributed by atoms with E-state index in [-0.39, 0.29) is 0 Å². The second-order valence-corrected chi connectivity index (χ2v) is 4.56. The lowest BCUT2D eigenvalue weighted by molar-refractivity contribution is 0.499. The lowest BCUT2D eigenvalue weighted by Crippen LogP contribution is -2.40. The van der Waals surface area contributed by atoms with Gasteiger partial charge in [-0.15, -0.1) is 0 Å². The summed E-state index contributed by atoms with van der Waals surface area (Å²) in [6.45, 7) is 5.39. The maximum Gasteiger partial charge on any atom is 0.101 e. The van der Waals surface area contributed by atoms with Crippen LogP contribution in [0, 0.1) is 11.3 Å². The highest BCUT2D eigenvalue weighted by Crippen LogP contribution is 2.23. The molecule has 0 bridgehead atoms. The standard InChI is InChI=1S/C14H19N3/c1-12-7-9-16-8-4-10-17(12)14-6-3-2-5-13(14)11-15/h2-3,5-6,12,16H,4,7-10H2,1H3. The van der Waals surface area contributed by atoms with E-state index in [1.165, 1.54) is 0 Å². The van der Waals surface area contributed by atoms with Crippen LogP contribution in [0.2, 0.25) is 0 Å². The van der Waals surface area contributed by atoms with Crippen molar-refractivity contribution in [2.45, 2.75) is 25.8 Å². The number of para-hydroxylation sites is 1. The van der Waals surface area contributed by atoms with Crippen molar-refractivity contribution in [3.8, 4) is 6.07 Å². The van der Waals surface area contributed by atoms with Gasteiger partial charge in [0.15, 0.2) is 0 Å². The molecule has 3 nitrogen and oxygen atoms in total. The first kappa shape index (κ1) is 11.9. The monoisotopic (exact) mass is 229 g/mol. The van der Waals surface area contributed by atoms with Gasteiger partial charge in [0.25, 0.3) is 0 Å². The highest BCUT2D eigenvalue weighted by atomic mass is 15.2. The van der Waals surface area contributed by atoms with E-state index in [9.17, 15) is 5.26 Å². The maximum atomic E-state index is 9.17. The molecule has 1 aliphatic heterocycles. The van der Waals surface area contributed by atoms with E-state index in [1.807, 2.05) is 18.2 Å². The first-order valence-corrected chi connectivity index (χ1v) is 6.29. The predicted octanol–water partition coefficient (Wildman–Crippen LogP) is 2.14. The summed E-state index contributed by atoms with van der Waals surface area (Å²) in [5.41, 5.74) is 1.87. The summed E-state index contributed by atoms with van der Waals surface area (Å²) in [4.78, 5) is 2.37. The van der Waals surface area contributed by atoms with Gasteiger partial charge in [-0.1, -0.05) is 12.1 Å². The molecule has 0 radical (unpaired) electrons. The van der Waals surface area contributed by atoms with Gasteiger partial charge in [0, 0.05) is 12.6 Å². The smallest absolute Gasteiger partial charge is 0.101 e. The molecule has 0 amide bonds. The molecule has 90 valence electrons. The van der Waals surface area contributed by atoms with Gasteiger partial charge in [0.2, 0.25) is 0 Å². The molecule has 1 atom stereocenters. The summed E-state index contributed by atoms with van der Waals surface area (Å²) in [5.74, 6) is 0. The second-order valence-electron chi connectivity index (χ2n) is 4.56. The van der Waals surface area contributed by atoms with E-state index in [4.69, 9.17) is 0 Å². The Morgan fingerprint density at radius 1 is 1.35 bits per heavy atom. The molecule has 1 fully saturated rings. The minimum Gasteiger partial charge on any atom is -0.368 e. The van der Waals surface area contributed by atoms with Crippen LogP contribution in [0.5, 0.6) is 0 Å². The van der Waals surface area contributed by atoms with Crippen molar-refractivity contribution in [3.05, 3.63) is 29.8 Å². The second kappa shape index (κ2) is 5.70. The van der Waals surface area contributed by atoms with E-state index in [2.05, 4.69) is 29.3 Å². The molecule has 1 aliphatic rings. The Labute approximate surface area is 103 Å². The molecule has 1 unspecified atom stereocenters. The summed E-state index contributed by atoms with van der Waals surface area (Å²) in [6, 6.07) is 10.7. The number of nitriles is 1. The Balaban J connectivity index is 2.26. The Hall–Kier alpha value is -1.53. The third kappa shape index (κ3) is 2.78. The van der Waals surface area contributed by atoms with E-state index < -0.39 is 0 Å². The van der Waals surface area contributed by atoms with E-state index in [0.29, 0.717) is 6.04 Å². The van der Waals surface area contributed by atoms with Crippen LogP contribution >= 0.6 is 0 Å². The van der Waals surface area contributed by atoms with Crippen LogP contribution < -0.4 is 10.2 Å². The molecule has 1 saturated heterocycles. The Kier molecular flexibility index (Phi) is 4.00. The molecular weight excluding hydrogens is 210 g/mol. The van der Waals surface area contributed by atoms with Gasteiger partial charge in [-0.3, -0.25) is 0 Å². The third-order valence-electron chi connectivity index (χ3n) is 3.36. The van der Waals surface area contributed by atoms with Gasteiger partial charge < -0.3 is 10.2 Å². The van der Waals surface area contributed by atoms with Crippen molar-refractivity contribution in [2.75, 3.05) is 24.5 Å². The summed E-state index contributed by atoms with van der Waals surface area (Å²) >= 11 is 0. The fraction of sp³-hybridized carbons (Fsp3) is 0.500. The van der Waals surface area contributed by atoms with Gasteiger partial charge >= 0.3 is 0 Å². The lowest BCUT2D eigenvalue weighted by Gasteiger charge is -2.34. The van der Waals surface area contributed by atoms with E-state index in [0.717, 1.165) is 43.7 Å². The Bertz CT molecular complexity index is 408. The van der Waals surface area contributed by atoms with Gasteiger partial charge in [-0.25, -0.2) is 0 Å². The number of rotatable bonds is 1. The zero-order valence-electron chi connectivity index (χ0n) is 10.3. The Morgan fingerprint density at radius 3 is 3.00 bits per heavy atom. The maximum absolute atomic E-state index is 9.17. The van der Waals surface area contributed by atoms with Gasteiger partial charge in [-0.05, 0) is 45.0 Å². The minimum atomic E-state index is 0.484. The lowest BCUT2D eigenvalue weighted by atomic mass is 10.1. The Morgan fingerprint density at radius 2 is 2.18 bits per heavy atom. The highest BCUT2D eigenvalue weighted by molar-refractivity contribution is 5.59. The van der Waals surface area contributed by atoms with Crippen LogP contribution in [-0.4, -0.2) is 25.7 Å². The van der Waals surface area contributed by atoms with Crippen molar-refractivity contribution in [1.82, 2.24) is 5.32 Å². The molecule has 1 aromatic rings. The molecule has 1 aromatic carbocycles. The number of benzene rings is 1. The van der Waals surface area contributed by atoms with Crippen LogP contribution in [0.15, 0.2) is 24.3 Å². The zero-order valence-corrected chi connectivity index (χ0v) is 10.3. The number of nitrogens with zero attached hydrogens (tertiary/aromatic N) is 2. The van der Waals surface area contributed by atoms with Crippen molar-refractivity contribution in [2.24, 2.45) is 0 Å². The van der Waals surface area contributed by atoms with Crippen LogP contribution in [0.3, 0.4) is 0 Å². The predicted molar refractivity (Wildman–Crippen MR) is 70.1 cm³/mol. The summed E-state index contributed by atoms with van der Waals surface area (Å²) in [5, 5.41) is 12.6. The van der Waals surface area contributed by atoms with Crippen molar-refractivity contribution >= 4 is 5.69 Å². The summed E-state index contributed by atoms with van der Waals surface area (Å²) in [7, 11) is 0. The first-order valence-electron chi connectivity index (χ1n) is 6.29. The van der Waals surface area contributed by atoms with Crippen LogP contribution in [0.4, 0.5) is 5.69 Å². The molecule has 0 saturated carbocycles. The normalized spacial score (nSPS) is 21.4. The SMILES string of the molecule is CC1CCNCCCN1c1ccccc1C#N. The van der Waals surface area contributed by atoms with Crippen LogP contribution in [-0.2, 0) is 0 Å². The van der Waals surface area contributed by atoms with Gasteiger partial charge in [0.05, 0.1) is 11.3 Å². The molecule has 3 heteroatoms. The van der Waals surface area contributed by atoms with Crippen molar-refractivity contribution in [1.29, 1.82) is 5.26 Å². The molecular formula is C14H19N3. The zero-order chi connectivity index (χ0) is 12.1.